The van der Waals surface area contributed by atoms with Crippen LogP contribution in [0.25, 0.3) is 11.3 Å². The fourth-order valence-corrected chi connectivity index (χ4v) is 3.86. The summed E-state index contributed by atoms with van der Waals surface area (Å²) in [5.74, 6) is 8.50. The maximum atomic E-state index is 11.9. The number of hydrogen-bond donors (Lipinski definition) is 0. The number of rotatable bonds is 5. The van der Waals surface area contributed by atoms with Crippen molar-refractivity contribution in [2.24, 2.45) is 11.8 Å². The number of imidazole rings is 1. The summed E-state index contributed by atoms with van der Waals surface area (Å²) in [5.41, 5.74) is 3.76. The van der Waals surface area contributed by atoms with Gasteiger partial charge in [-0.1, -0.05) is 24.0 Å². The molecular formula is C26H25N3O3. The molecule has 0 saturated heterocycles. The topological polar surface area (TPSA) is 66.2 Å². The van der Waals surface area contributed by atoms with Crippen LogP contribution in [0.5, 0.6) is 5.88 Å². The summed E-state index contributed by atoms with van der Waals surface area (Å²) in [7, 11) is 1.44. The van der Waals surface area contributed by atoms with E-state index in [9.17, 15) is 4.79 Å². The maximum absolute atomic E-state index is 11.9. The highest BCUT2D eigenvalue weighted by Gasteiger charge is 2.26. The minimum atomic E-state index is -0.148. The normalized spacial score (nSPS) is 17.1. The Kier molecular flexibility index (Phi) is 5.64. The summed E-state index contributed by atoms with van der Waals surface area (Å²) in [4.78, 5) is 20.9. The van der Waals surface area contributed by atoms with Crippen molar-refractivity contribution in [3.8, 4) is 29.0 Å². The van der Waals surface area contributed by atoms with Crippen LogP contribution in [0.15, 0.2) is 48.8 Å². The Balaban J connectivity index is 1.26. The molecule has 1 unspecified atom stereocenters. The molecule has 0 N–H and O–H groups in total. The molecule has 6 heteroatoms. The zero-order valence-electron chi connectivity index (χ0n) is 18.1. The van der Waals surface area contributed by atoms with Crippen molar-refractivity contribution in [3.05, 3.63) is 65.7 Å². The maximum Gasteiger partial charge on any atom is 0.310 e. The Labute approximate surface area is 187 Å². The van der Waals surface area contributed by atoms with Crippen LogP contribution >= 0.6 is 0 Å². The summed E-state index contributed by atoms with van der Waals surface area (Å²) in [5, 5.41) is 0. The Morgan fingerprint density at radius 1 is 1.12 bits per heavy atom. The lowest BCUT2D eigenvalue weighted by molar-refractivity contribution is -0.146. The van der Waals surface area contributed by atoms with Crippen LogP contribution in [-0.4, -0.2) is 34.2 Å². The van der Waals surface area contributed by atoms with Crippen molar-refractivity contribution < 1.29 is 14.3 Å². The van der Waals surface area contributed by atoms with Gasteiger partial charge in [-0.3, -0.25) is 4.79 Å². The van der Waals surface area contributed by atoms with Crippen molar-refractivity contribution in [2.75, 3.05) is 13.7 Å². The zero-order chi connectivity index (χ0) is 21.9. The Bertz CT molecular complexity index is 1180. The van der Waals surface area contributed by atoms with Crippen molar-refractivity contribution in [3.63, 3.8) is 0 Å². The van der Waals surface area contributed by atoms with Crippen LogP contribution in [0.4, 0.5) is 0 Å². The van der Waals surface area contributed by atoms with E-state index >= 15 is 0 Å². The molecule has 32 heavy (non-hydrogen) atoms. The summed E-state index contributed by atoms with van der Waals surface area (Å²) < 4.78 is 12.7. The molecule has 1 aliphatic carbocycles. The van der Waals surface area contributed by atoms with Crippen molar-refractivity contribution in [1.82, 2.24) is 14.5 Å². The van der Waals surface area contributed by atoms with Gasteiger partial charge in [0.1, 0.15) is 5.82 Å². The van der Waals surface area contributed by atoms with E-state index in [1.807, 2.05) is 42.6 Å². The Hall–Kier alpha value is -3.59. The number of aryl methyl sites for hydroxylation is 1. The first-order valence-corrected chi connectivity index (χ1v) is 11.0. The summed E-state index contributed by atoms with van der Waals surface area (Å²) in [6.07, 6.45) is 7.82. The van der Waals surface area contributed by atoms with E-state index in [-0.39, 0.29) is 11.9 Å². The van der Waals surface area contributed by atoms with Crippen LogP contribution in [-0.2, 0) is 22.5 Å². The van der Waals surface area contributed by atoms with E-state index in [1.54, 1.807) is 6.20 Å². The Morgan fingerprint density at radius 3 is 2.72 bits per heavy atom. The van der Waals surface area contributed by atoms with E-state index in [1.165, 1.54) is 20.0 Å². The van der Waals surface area contributed by atoms with Gasteiger partial charge in [0.25, 0.3) is 0 Å². The lowest BCUT2D eigenvalue weighted by Gasteiger charge is -2.21. The second kappa shape index (κ2) is 8.88. The van der Waals surface area contributed by atoms with Gasteiger partial charge in [0, 0.05) is 48.1 Å². The molecule has 6 nitrogen and oxygen atoms in total. The van der Waals surface area contributed by atoms with Crippen molar-refractivity contribution in [2.45, 2.75) is 32.2 Å². The smallest absolute Gasteiger partial charge is 0.310 e. The fourth-order valence-electron chi connectivity index (χ4n) is 3.86. The second-order valence-electron chi connectivity index (χ2n) is 8.42. The number of methoxy groups -OCH3 is 1. The van der Waals surface area contributed by atoms with Crippen LogP contribution in [0.1, 0.15) is 36.2 Å². The predicted octanol–water partition coefficient (Wildman–Crippen LogP) is 3.87. The van der Waals surface area contributed by atoms with Gasteiger partial charge in [0.2, 0.25) is 5.88 Å². The van der Waals surface area contributed by atoms with Gasteiger partial charge < -0.3 is 14.0 Å². The minimum Gasteiger partial charge on any atom is -0.477 e. The lowest BCUT2D eigenvalue weighted by atomic mass is 10.00. The highest BCUT2D eigenvalue weighted by molar-refractivity contribution is 5.72. The third-order valence-electron chi connectivity index (χ3n) is 5.96. The first-order chi connectivity index (χ1) is 15.7. The fraction of sp³-hybridized carbons (Fsp3) is 0.346. The van der Waals surface area contributed by atoms with Crippen molar-refractivity contribution in [1.29, 1.82) is 0 Å². The van der Waals surface area contributed by atoms with Gasteiger partial charge in [-0.15, -0.1) is 0 Å². The molecule has 1 aliphatic heterocycles. The molecule has 2 aromatic heterocycles. The quantitative estimate of drug-likeness (QED) is 0.457. The van der Waals surface area contributed by atoms with Gasteiger partial charge in [0.15, 0.2) is 0 Å². The third-order valence-corrected chi connectivity index (χ3v) is 5.96. The highest BCUT2D eigenvalue weighted by Crippen LogP contribution is 2.29. The van der Waals surface area contributed by atoms with E-state index in [2.05, 4.69) is 21.4 Å². The van der Waals surface area contributed by atoms with E-state index in [0.717, 1.165) is 47.7 Å². The molecule has 0 amide bonds. The van der Waals surface area contributed by atoms with Gasteiger partial charge >= 0.3 is 5.97 Å². The molecule has 2 aliphatic rings. The predicted molar refractivity (Wildman–Crippen MR) is 120 cm³/mol. The zero-order valence-corrected chi connectivity index (χ0v) is 18.1. The first-order valence-electron chi connectivity index (χ1n) is 11.0. The van der Waals surface area contributed by atoms with Crippen LogP contribution in [0.3, 0.4) is 0 Å². The van der Waals surface area contributed by atoms with E-state index < -0.39 is 0 Å². The number of esters is 1. The van der Waals surface area contributed by atoms with Gasteiger partial charge in [-0.2, -0.15) is 0 Å². The van der Waals surface area contributed by atoms with Crippen LogP contribution in [0.2, 0.25) is 0 Å². The molecule has 3 heterocycles. The lowest BCUT2D eigenvalue weighted by Crippen LogP contribution is -2.27. The number of ether oxygens (including phenoxy) is 2. The molecule has 1 aromatic carbocycles. The van der Waals surface area contributed by atoms with Gasteiger partial charge in [-0.05, 0) is 43.4 Å². The van der Waals surface area contributed by atoms with Crippen LogP contribution in [0, 0.1) is 23.7 Å². The molecule has 0 radical (unpaired) electrons. The average molecular weight is 428 g/mol. The number of carbonyl (C=O) groups is 1. The third kappa shape index (κ3) is 4.67. The number of fused-ring (bicyclic) bond motifs is 1. The molecule has 5 rings (SSSR count). The number of carbonyl (C=O) groups excluding carboxylic acids is 1. The monoisotopic (exact) mass is 427 g/mol. The number of aromatic nitrogens is 3. The molecule has 1 fully saturated rings. The van der Waals surface area contributed by atoms with Gasteiger partial charge in [-0.25, -0.2) is 9.97 Å². The SMILES string of the molecule is COC(=O)C1CCc2nc(-c3ccc(C#Cc4ccnc(OCC5CC5)c4)cc3)cn2C1. The molecular weight excluding hydrogens is 402 g/mol. The number of nitrogens with zero attached hydrogens (tertiary/aromatic N) is 3. The molecule has 3 aromatic rings. The summed E-state index contributed by atoms with van der Waals surface area (Å²) >= 11 is 0. The molecule has 0 bridgehead atoms. The van der Waals surface area contributed by atoms with E-state index in [0.29, 0.717) is 18.3 Å². The summed E-state index contributed by atoms with van der Waals surface area (Å²) in [6.45, 7) is 1.36. The highest BCUT2D eigenvalue weighted by atomic mass is 16.5. The van der Waals surface area contributed by atoms with Gasteiger partial charge in [0.05, 0.1) is 25.3 Å². The summed E-state index contributed by atoms with van der Waals surface area (Å²) in [6, 6.07) is 11.9. The molecule has 1 saturated carbocycles. The molecule has 1 atom stereocenters. The minimum absolute atomic E-state index is 0.0972. The Morgan fingerprint density at radius 2 is 1.94 bits per heavy atom. The molecule has 162 valence electrons. The number of benzene rings is 1. The number of hydrogen-bond acceptors (Lipinski definition) is 5. The number of pyridine rings is 1. The second-order valence-corrected chi connectivity index (χ2v) is 8.42. The first kappa shape index (κ1) is 20.3. The van der Waals surface area contributed by atoms with Crippen LogP contribution < -0.4 is 4.74 Å². The largest absolute Gasteiger partial charge is 0.477 e. The molecule has 0 spiro atoms. The average Bonchev–Trinajstić information content (AvgIpc) is 3.57. The van der Waals surface area contributed by atoms with Crippen molar-refractivity contribution >= 4 is 5.97 Å². The standard InChI is InChI=1S/C26H25N3O3/c1-31-26(30)22-10-11-24-28-23(16-29(24)15-22)21-8-6-18(7-9-21)2-3-19-12-13-27-25(14-19)32-17-20-4-5-20/h6-9,12-14,16,20,22H,4-5,10-11,15,17H2,1H3. The van der Waals surface area contributed by atoms with E-state index in [4.69, 9.17) is 14.5 Å².